The fourth-order valence-corrected chi connectivity index (χ4v) is 3.78. The quantitative estimate of drug-likeness (QED) is 0.495. The smallest absolute Gasteiger partial charge is 0.325 e. The Morgan fingerprint density at radius 1 is 1.06 bits per heavy atom. The van der Waals surface area contributed by atoms with Gasteiger partial charge in [-0.1, -0.05) is 56.3 Å². The number of hydrogen-bond donors (Lipinski definition) is 3. The molecule has 0 aliphatic carbocycles. The van der Waals surface area contributed by atoms with E-state index in [1.807, 2.05) is 55.5 Å². The van der Waals surface area contributed by atoms with Crippen LogP contribution < -0.4 is 16.4 Å². The highest BCUT2D eigenvalue weighted by atomic mass is 16.2. The largest absolute Gasteiger partial charge is 0.368 e. The normalized spacial score (nSPS) is 18.0. The van der Waals surface area contributed by atoms with Gasteiger partial charge in [0.2, 0.25) is 11.9 Å². The van der Waals surface area contributed by atoms with Crippen LogP contribution in [0.25, 0.3) is 0 Å². The molecule has 1 unspecified atom stereocenters. The van der Waals surface area contributed by atoms with Gasteiger partial charge in [0, 0.05) is 5.69 Å². The molecule has 2 aromatic carbocycles. The van der Waals surface area contributed by atoms with E-state index in [0.717, 1.165) is 21.7 Å². The van der Waals surface area contributed by atoms with Crippen LogP contribution in [0.2, 0.25) is 0 Å². The van der Waals surface area contributed by atoms with Gasteiger partial charge in [-0.15, -0.1) is 0 Å². The van der Waals surface area contributed by atoms with Gasteiger partial charge in [0.25, 0.3) is 5.91 Å². The number of aryl methyl sites for hydroxylation is 1. The number of carbonyl (C=O) groups excluding carboxylic acids is 2. The number of carbonyl (C=O) groups is 2. The third-order valence-electron chi connectivity index (χ3n) is 5.82. The Balaban J connectivity index is 1.57. The molecule has 1 aliphatic rings. The monoisotopic (exact) mass is 445 g/mol. The Bertz CT molecular complexity index is 1210. The van der Waals surface area contributed by atoms with Crippen molar-refractivity contribution in [2.24, 2.45) is 0 Å². The molecule has 9 heteroatoms. The molecule has 0 bridgehead atoms. The van der Waals surface area contributed by atoms with Crippen molar-refractivity contribution in [3.8, 4) is 0 Å². The average Bonchev–Trinajstić information content (AvgIpc) is 2.99. The Hall–Kier alpha value is -4.01. The highest BCUT2D eigenvalue weighted by molar-refractivity contribution is 6.07. The van der Waals surface area contributed by atoms with Gasteiger partial charge in [0.15, 0.2) is 5.82 Å². The first-order valence-electron chi connectivity index (χ1n) is 10.7. The van der Waals surface area contributed by atoms with Gasteiger partial charge in [-0.2, -0.15) is 15.0 Å². The Labute approximate surface area is 192 Å². The van der Waals surface area contributed by atoms with E-state index in [1.54, 1.807) is 6.92 Å². The van der Waals surface area contributed by atoms with Crippen LogP contribution in [0, 0.1) is 6.92 Å². The third-order valence-corrected chi connectivity index (χ3v) is 5.82. The summed E-state index contributed by atoms with van der Waals surface area (Å²) >= 11 is 0. The summed E-state index contributed by atoms with van der Waals surface area (Å²) in [5.74, 6) is 0.439. The van der Waals surface area contributed by atoms with Crippen molar-refractivity contribution < 1.29 is 9.59 Å². The third kappa shape index (κ3) is 4.34. The maximum Gasteiger partial charge on any atom is 0.325 e. The molecule has 1 aromatic heterocycles. The predicted octanol–water partition coefficient (Wildman–Crippen LogP) is 3.60. The maximum atomic E-state index is 13.3. The molecule has 3 aromatic rings. The van der Waals surface area contributed by atoms with E-state index in [0.29, 0.717) is 11.5 Å². The van der Waals surface area contributed by atoms with Crippen molar-refractivity contribution in [1.82, 2.24) is 25.2 Å². The van der Waals surface area contributed by atoms with E-state index in [4.69, 9.17) is 5.73 Å². The summed E-state index contributed by atoms with van der Waals surface area (Å²) in [5.41, 5.74) is 8.40. The number of nitrogens with one attached hydrogen (secondary N) is 2. The molecule has 1 aliphatic heterocycles. The molecule has 1 atom stereocenters. The number of para-hydroxylation sites is 1. The zero-order valence-corrected chi connectivity index (χ0v) is 19.1. The first-order chi connectivity index (χ1) is 15.7. The number of aromatic nitrogens is 3. The van der Waals surface area contributed by atoms with Gasteiger partial charge in [0.1, 0.15) is 5.54 Å². The van der Waals surface area contributed by atoms with Crippen LogP contribution in [0.5, 0.6) is 0 Å². The number of imide groups is 1. The molecule has 3 amide bonds. The van der Waals surface area contributed by atoms with Gasteiger partial charge < -0.3 is 16.4 Å². The molecular formula is C24H27N7O2. The zero-order valence-electron chi connectivity index (χ0n) is 19.1. The zero-order chi connectivity index (χ0) is 23.8. The first-order valence-corrected chi connectivity index (χ1v) is 10.7. The standard InChI is InChI=1S/C24H27N7O2/c1-14(2)16-9-11-17(12-10-16)24(4)20(32)31(23(33)30-24)13-19-27-21(25)29-22(28-19)26-18-8-6-5-7-15(18)3/h5-12,14H,13H2,1-4H3,(H,30,33)(H3,25,26,27,28,29). The number of rotatable bonds is 6. The lowest BCUT2D eigenvalue weighted by atomic mass is 9.90. The second kappa shape index (κ2) is 8.50. The van der Waals surface area contributed by atoms with Gasteiger partial charge in [-0.25, -0.2) is 4.79 Å². The molecule has 4 rings (SSSR count). The van der Waals surface area contributed by atoms with Crippen molar-refractivity contribution in [3.05, 3.63) is 71.0 Å². The van der Waals surface area contributed by atoms with E-state index in [-0.39, 0.29) is 30.2 Å². The van der Waals surface area contributed by atoms with Crippen molar-refractivity contribution in [1.29, 1.82) is 0 Å². The Morgan fingerprint density at radius 3 is 2.42 bits per heavy atom. The average molecular weight is 446 g/mol. The van der Waals surface area contributed by atoms with Crippen molar-refractivity contribution in [2.75, 3.05) is 11.1 Å². The molecule has 0 saturated carbocycles. The molecule has 1 fully saturated rings. The van der Waals surface area contributed by atoms with Crippen LogP contribution in [0.3, 0.4) is 0 Å². The van der Waals surface area contributed by atoms with Crippen molar-refractivity contribution in [3.63, 3.8) is 0 Å². The molecular weight excluding hydrogens is 418 g/mol. The number of nitrogens with two attached hydrogens (primary N) is 1. The molecule has 2 heterocycles. The van der Waals surface area contributed by atoms with E-state index in [1.165, 1.54) is 0 Å². The maximum absolute atomic E-state index is 13.3. The lowest BCUT2D eigenvalue weighted by Gasteiger charge is -2.22. The van der Waals surface area contributed by atoms with Gasteiger partial charge in [0.05, 0.1) is 6.54 Å². The lowest BCUT2D eigenvalue weighted by molar-refractivity contribution is -0.131. The Kier molecular flexibility index (Phi) is 5.71. The lowest BCUT2D eigenvalue weighted by Crippen LogP contribution is -2.40. The summed E-state index contributed by atoms with van der Waals surface area (Å²) in [6.07, 6.45) is 0. The van der Waals surface area contributed by atoms with E-state index in [2.05, 4.69) is 39.4 Å². The molecule has 0 radical (unpaired) electrons. The Morgan fingerprint density at radius 2 is 1.76 bits per heavy atom. The van der Waals surface area contributed by atoms with Crippen LogP contribution in [0.4, 0.5) is 22.4 Å². The number of nitrogen functional groups attached to an aromatic ring is 1. The summed E-state index contributed by atoms with van der Waals surface area (Å²) in [6.45, 7) is 7.73. The van der Waals surface area contributed by atoms with Gasteiger partial charge in [-0.05, 0) is 42.5 Å². The second-order valence-electron chi connectivity index (χ2n) is 8.60. The highest BCUT2D eigenvalue weighted by Gasteiger charge is 2.49. The number of benzene rings is 2. The highest BCUT2D eigenvalue weighted by Crippen LogP contribution is 2.30. The predicted molar refractivity (Wildman–Crippen MR) is 126 cm³/mol. The van der Waals surface area contributed by atoms with Crippen LogP contribution in [0.1, 0.15) is 49.2 Å². The van der Waals surface area contributed by atoms with Crippen LogP contribution in [-0.4, -0.2) is 31.8 Å². The first kappa shape index (κ1) is 22.2. The van der Waals surface area contributed by atoms with Crippen LogP contribution in [-0.2, 0) is 16.9 Å². The number of nitrogens with zero attached hydrogens (tertiary/aromatic N) is 4. The minimum absolute atomic E-state index is 0.00447. The molecule has 0 spiro atoms. The van der Waals surface area contributed by atoms with E-state index < -0.39 is 11.6 Å². The van der Waals surface area contributed by atoms with E-state index in [9.17, 15) is 9.59 Å². The molecule has 33 heavy (non-hydrogen) atoms. The molecule has 170 valence electrons. The molecule has 1 saturated heterocycles. The number of urea groups is 1. The van der Waals surface area contributed by atoms with Gasteiger partial charge in [-0.3, -0.25) is 9.69 Å². The second-order valence-corrected chi connectivity index (χ2v) is 8.60. The number of hydrogen-bond acceptors (Lipinski definition) is 7. The molecule has 4 N–H and O–H groups in total. The minimum Gasteiger partial charge on any atom is -0.368 e. The van der Waals surface area contributed by atoms with Gasteiger partial charge >= 0.3 is 6.03 Å². The van der Waals surface area contributed by atoms with E-state index >= 15 is 0 Å². The summed E-state index contributed by atoms with van der Waals surface area (Å²) in [7, 11) is 0. The fourth-order valence-electron chi connectivity index (χ4n) is 3.78. The summed E-state index contributed by atoms with van der Waals surface area (Å²) < 4.78 is 0. The van der Waals surface area contributed by atoms with Crippen molar-refractivity contribution in [2.45, 2.75) is 45.7 Å². The summed E-state index contributed by atoms with van der Waals surface area (Å²) in [6, 6.07) is 14.9. The van der Waals surface area contributed by atoms with Crippen molar-refractivity contribution >= 4 is 29.5 Å². The SMILES string of the molecule is Cc1ccccc1Nc1nc(N)nc(CN2C(=O)NC(C)(c3ccc(C(C)C)cc3)C2=O)n1. The minimum atomic E-state index is -1.17. The number of amides is 3. The van der Waals surface area contributed by atoms with Crippen LogP contribution >= 0.6 is 0 Å². The molecule has 9 nitrogen and oxygen atoms in total. The number of anilines is 3. The fraction of sp³-hybridized carbons (Fsp3) is 0.292. The summed E-state index contributed by atoms with van der Waals surface area (Å²) in [4.78, 5) is 39.7. The van der Waals surface area contributed by atoms with Crippen LogP contribution in [0.15, 0.2) is 48.5 Å². The topological polar surface area (TPSA) is 126 Å². The summed E-state index contributed by atoms with van der Waals surface area (Å²) in [5, 5.41) is 5.92.